The number of aliphatic hydroxyl groups is 1. The fourth-order valence-corrected chi connectivity index (χ4v) is 2.82. The summed E-state index contributed by atoms with van der Waals surface area (Å²) in [6, 6.07) is 0. The van der Waals surface area contributed by atoms with Crippen LogP contribution in [0, 0.1) is 0 Å². The summed E-state index contributed by atoms with van der Waals surface area (Å²) in [6.07, 6.45) is 18.2. The molecule has 1 unspecified atom stereocenters. The Labute approximate surface area is 139 Å². The molecule has 4 N–H and O–H groups in total. The van der Waals surface area contributed by atoms with Crippen molar-refractivity contribution in [3.63, 3.8) is 0 Å². The van der Waals surface area contributed by atoms with Crippen molar-refractivity contribution in [3.8, 4) is 0 Å². The molecule has 0 saturated carbocycles. The minimum atomic E-state index is -0.180. The van der Waals surface area contributed by atoms with Crippen LogP contribution in [0.3, 0.4) is 0 Å². The second-order valence-corrected chi connectivity index (χ2v) is 6.68. The minimum Gasteiger partial charge on any atom is -0.392 e. The van der Waals surface area contributed by atoms with Gasteiger partial charge in [-0.15, -0.1) is 0 Å². The Balaban J connectivity index is 3.07. The van der Waals surface area contributed by atoms with Crippen molar-refractivity contribution in [2.24, 2.45) is 5.73 Å². The van der Waals surface area contributed by atoms with E-state index in [-0.39, 0.29) is 6.10 Å². The van der Waals surface area contributed by atoms with Crippen LogP contribution in [0.1, 0.15) is 96.8 Å². The van der Waals surface area contributed by atoms with E-state index in [2.05, 4.69) is 12.2 Å². The zero-order valence-electron chi connectivity index (χ0n) is 15.1. The highest BCUT2D eigenvalue weighted by atomic mass is 16.3. The van der Waals surface area contributed by atoms with Gasteiger partial charge < -0.3 is 16.2 Å². The van der Waals surface area contributed by atoms with Gasteiger partial charge in [-0.3, -0.25) is 0 Å². The van der Waals surface area contributed by atoms with Gasteiger partial charge in [-0.2, -0.15) is 0 Å². The Hall–Kier alpha value is -0.120. The number of aliphatic hydroxyl groups excluding tert-OH is 1. The first-order valence-electron chi connectivity index (χ1n) is 9.90. The summed E-state index contributed by atoms with van der Waals surface area (Å²) >= 11 is 0. The number of hydrogen-bond donors (Lipinski definition) is 3. The molecule has 3 nitrogen and oxygen atoms in total. The number of rotatable bonds is 18. The van der Waals surface area contributed by atoms with E-state index >= 15 is 0 Å². The molecule has 0 aromatic heterocycles. The molecule has 0 radical (unpaired) electrons. The van der Waals surface area contributed by atoms with E-state index in [0.29, 0.717) is 0 Å². The van der Waals surface area contributed by atoms with Crippen LogP contribution in [-0.4, -0.2) is 30.8 Å². The van der Waals surface area contributed by atoms with Gasteiger partial charge in [0.1, 0.15) is 0 Å². The Bertz CT molecular complexity index is 200. The monoisotopic (exact) mass is 314 g/mol. The molecule has 3 heteroatoms. The summed E-state index contributed by atoms with van der Waals surface area (Å²) in [4.78, 5) is 0. The Kier molecular flexibility index (Phi) is 18.8. The maximum Gasteiger partial charge on any atom is 0.0664 e. The Morgan fingerprint density at radius 1 is 0.773 bits per heavy atom. The second kappa shape index (κ2) is 18.9. The first kappa shape index (κ1) is 21.9. The molecule has 134 valence electrons. The van der Waals surface area contributed by atoms with E-state index in [1.807, 2.05) is 0 Å². The molecule has 0 aliphatic rings. The average Bonchev–Trinajstić information content (AvgIpc) is 2.52. The van der Waals surface area contributed by atoms with Crippen LogP contribution in [0.4, 0.5) is 0 Å². The van der Waals surface area contributed by atoms with Gasteiger partial charge >= 0.3 is 0 Å². The molecule has 0 fully saturated rings. The predicted octanol–water partition coefficient (Wildman–Crippen LogP) is 4.38. The van der Waals surface area contributed by atoms with E-state index in [1.165, 1.54) is 70.6 Å². The van der Waals surface area contributed by atoms with Crippen molar-refractivity contribution >= 4 is 0 Å². The lowest BCUT2D eigenvalue weighted by Gasteiger charge is -2.11. The molecule has 22 heavy (non-hydrogen) atoms. The van der Waals surface area contributed by atoms with Gasteiger partial charge in [-0.05, 0) is 25.9 Å². The van der Waals surface area contributed by atoms with Crippen LogP contribution < -0.4 is 11.1 Å². The average molecular weight is 315 g/mol. The molecular weight excluding hydrogens is 272 g/mol. The van der Waals surface area contributed by atoms with Crippen LogP contribution in [0.5, 0.6) is 0 Å². The molecule has 0 heterocycles. The third-order valence-corrected chi connectivity index (χ3v) is 4.33. The van der Waals surface area contributed by atoms with Gasteiger partial charge in [-0.1, -0.05) is 84.0 Å². The van der Waals surface area contributed by atoms with Gasteiger partial charge in [0, 0.05) is 6.54 Å². The summed E-state index contributed by atoms with van der Waals surface area (Å²) in [5.74, 6) is 0. The highest BCUT2D eigenvalue weighted by Gasteiger charge is 2.02. The fraction of sp³-hybridized carbons (Fsp3) is 1.00. The smallest absolute Gasteiger partial charge is 0.0664 e. The highest BCUT2D eigenvalue weighted by molar-refractivity contribution is 4.60. The first-order valence-corrected chi connectivity index (χ1v) is 9.90. The Morgan fingerprint density at radius 3 is 1.77 bits per heavy atom. The van der Waals surface area contributed by atoms with Crippen molar-refractivity contribution in [1.29, 1.82) is 0 Å². The van der Waals surface area contributed by atoms with Crippen LogP contribution in [-0.2, 0) is 0 Å². The first-order chi connectivity index (χ1) is 10.8. The minimum absolute atomic E-state index is 0.180. The molecule has 0 spiro atoms. The summed E-state index contributed by atoms with van der Waals surface area (Å²) in [5.41, 5.74) is 5.43. The predicted molar refractivity (Wildman–Crippen MR) is 98.2 cm³/mol. The van der Waals surface area contributed by atoms with Crippen molar-refractivity contribution in [2.45, 2.75) is 103 Å². The topological polar surface area (TPSA) is 58.3 Å². The Morgan fingerprint density at radius 2 is 1.27 bits per heavy atom. The fourth-order valence-electron chi connectivity index (χ4n) is 2.82. The maximum atomic E-state index is 9.82. The van der Waals surface area contributed by atoms with Crippen molar-refractivity contribution in [3.05, 3.63) is 0 Å². The van der Waals surface area contributed by atoms with Crippen molar-refractivity contribution in [2.75, 3.05) is 19.6 Å². The van der Waals surface area contributed by atoms with Gasteiger partial charge in [0.2, 0.25) is 0 Å². The van der Waals surface area contributed by atoms with Gasteiger partial charge in [0.25, 0.3) is 0 Å². The van der Waals surface area contributed by atoms with E-state index in [9.17, 15) is 5.11 Å². The molecule has 0 amide bonds. The molecular formula is C19H42N2O. The standard InChI is InChI=1S/C19H42N2O/c1-2-3-4-5-6-7-8-9-10-11-12-13-15-19(22)18-21-17-14-16-20/h19,21-22H,2-18,20H2,1H3. The van der Waals surface area contributed by atoms with E-state index in [0.717, 1.165) is 38.9 Å². The highest BCUT2D eigenvalue weighted by Crippen LogP contribution is 2.12. The SMILES string of the molecule is CCCCCCCCCCCCCCC(O)CNCCCN. The molecule has 0 bridgehead atoms. The second-order valence-electron chi connectivity index (χ2n) is 6.68. The lowest BCUT2D eigenvalue weighted by atomic mass is 10.0. The summed E-state index contributed by atoms with van der Waals surface area (Å²) in [6.45, 7) is 4.64. The van der Waals surface area contributed by atoms with Crippen molar-refractivity contribution in [1.82, 2.24) is 5.32 Å². The van der Waals surface area contributed by atoms with Crippen LogP contribution in [0.25, 0.3) is 0 Å². The summed E-state index contributed by atoms with van der Waals surface area (Å²) in [5, 5.41) is 13.1. The molecule has 0 saturated heterocycles. The summed E-state index contributed by atoms with van der Waals surface area (Å²) < 4.78 is 0. The lowest BCUT2D eigenvalue weighted by Crippen LogP contribution is -2.28. The molecule has 0 aliphatic carbocycles. The van der Waals surface area contributed by atoms with E-state index < -0.39 is 0 Å². The zero-order chi connectivity index (χ0) is 16.3. The molecule has 0 aromatic carbocycles. The number of nitrogens with two attached hydrogens (primary N) is 1. The van der Waals surface area contributed by atoms with Gasteiger partial charge in [-0.25, -0.2) is 0 Å². The molecule has 1 atom stereocenters. The molecule has 0 aliphatic heterocycles. The van der Waals surface area contributed by atoms with Crippen LogP contribution in [0.15, 0.2) is 0 Å². The lowest BCUT2D eigenvalue weighted by molar-refractivity contribution is 0.158. The molecule has 0 rings (SSSR count). The third-order valence-electron chi connectivity index (χ3n) is 4.33. The van der Waals surface area contributed by atoms with E-state index in [4.69, 9.17) is 5.73 Å². The van der Waals surface area contributed by atoms with Crippen LogP contribution >= 0.6 is 0 Å². The number of hydrogen-bond acceptors (Lipinski definition) is 3. The quantitative estimate of drug-likeness (QED) is 0.329. The van der Waals surface area contributed by atoms with Crippen LogP contribution in [0.2, 0.25) is 0 Å². The summed E-state index contributed by atoms with van der Waals surface area (Å²) in [7, 11) is 0. The molecule has 0 aromatic rings. The van der Waals surface area contributed by atoms with E-state index in [1.54, 1.807) is 0 Å². The third kappa shape index (κ3) is 17.9. The zero-order valence-corrected chi connectivity index (χ0v) is 15.1. The van der Waals surface area contributed by atoms with Gasteiger partial charge in [0.15, 0.2) is 0 Å². The maximum absolute atomic E-state index is 9.82. The van der Waals surface area contributed by atoms with Gasteiger partial charge in [0.05, 0.1) is 6.10 Å². The normalized spacial score (nSPS) is 12.7. The van der Waals surface area contributed by atoms with Crippen molar-refractivity contribution < 1.29 is 5.11 Å². The number of unbranched alkanes of at least 4 members (excludes halogenated alkanes) is 11. The largest absolute Gasteiger partial charge is 0.392 e. The number of nitrogens with one attached hydrogen (secondary N) is 1.